The first-order valence-corrected chi connectivity index (χ1v) is 14.8. The Morgan fingerprint density at radius 2 is 1.40 bits per heavy atom. The van der Waals surface area contributed by atoms with Gasteiger partial charge in [-0.05, 0) is 104 Å². The zero-order valence-electron chi connectivity index (χ0n) is 26.1. The summed E-state index contributed by atoms with van der Waals surface area (Å²) in [5.41, 5.74) is 5.12. The molecule has 16 heteroatoms. The first kappa shape index (κ1) is 37.9. The van der Waals surface area contributed by atoms with E-state index < -0.39 is 38.7 Å². The van der Waals surface area contributed by atoms with Gasteiger partial charge in [-0.1, -0.05) is 23.9 Å². The number of anilines is 1. The summed E-state index contributed by atoms with van der Waals surface area (Å²) in [6.07, 6.45) is 0. The second-order valence-corrected chi connectivity index (χ2v) is 11.5. The molecule has 0 saturated heterocycles. The molecule has 1 N–H and O–H groups in total. The van der Waals surface area contributed by atoms with Gasteiger partial charge in [0, 0.05) is 0 Å². The number of hydrazone groups is 1. The van der Waals surface area contributed by atoms with Crippen molar-refractivity contribution >= 4 is 50.5 Å². The van der Waals surface area contributed by atoms with E-state index in [1.54, 1.807) is 19.1 Å². The number of amides is 1. The van der Waals surface area contributed by atoms with E-state index in [0.29, 0.717) is 17.1 Å². The molecule has 1 unspecified atom stereocenters. The molecule has 0 fully saturated rings. The normalized spacial score (nSPS) is 14.6. The molecule has 228 valence electrons. The van der Waals surface area contributed by atoms with E-state index in [-0.39, 0.29) is 76.1 Å². The number of hydrogen-bond acceptors (Lipinski definition) is 11. The maximum absolute atomic E-state index is 13.0. The van der Waals surface area contributed by atoms with E-state index in [0.717, 1.165) is 45.5 Å². The van der Waals surface area contributed by atoms with Crippen LogP contribution >= 0.6 is 0 Å². The van der Waals surface area contributed by atoms with Gasteiger partial charge in [0.05, 0.1) is 38.9 Å². The van der Waals surface area contributed by atoms with Crippen LogP contribution in [0.2, 0.25) is 0 Å². The molecule has 1 aliphatic heterocycles. The minimum Gasteiger partial charge on any atom is -0.872 e. The van der Waals surface area contributed by atoms with Crippen LogP contribution in [0.1, 0.15) is 28.4 Å². The summed E-state index contributed by atoms with van der Waals surface area (Å²) in [4.78, 5) is 23.8. The second kappa shape index (κ2) is 15.5. The number of hydrogen-bond donors (Lipinski definition) is 1. The van der Waals surface area contributed by atoms with Crippen molar-refractivity contribution in [3.05, 3.63) is 95.6 Å². The summed E-state index contributed by atoms with van der Waals surface area (Å²) in [5.74, 6) is -2.40. The van der Waals surface area contributed by atoms with Gasteiger partial charge in [0.15, 0.2) is 6.04 Å². The third-order valence-corrected chi connectivity index (χ3v) is 7.79. The fourth-order valence-corrected chi connectivity index (χ4v) is 4.97. The van der Waals surface area contributed by atoms with Crippen molar-refractivity contribution in [2.45, 2.75) is 31.7 Å². The number of carbonyl (C=O) groups excluding carboxylic acids is 1. The van der Waals surface area contributed by atoms with Crippen LogP contribution in [0.15, 0.2) is 109 Å². The number of carbonyl (C=O) groups is 2. The van der Waals surface area contributed by atoms with Crippen LogP contribution in [0.25, 0.3) is 11.1 Å². The van der Waals surface area contributed by atoms with Gasteiger partial charge in [0.2, 0.25) is 0 Å². The van der Waals surface area contributed by atoms with Crippen LogP contribution in [0, 0.1) is 13.8 Å². The number of carboxylic acid groups (broad SMARTS) is 1. The molecule has 0 aliphatic carbocycles. The van der Waals surface area contributed by atoms with Gasteiger partial charge in [-0.25, -0.2) is 13.2 Å². The molecule has 1 atom stereocenters. The second-order valence-electron chi connectivity index (χ2n) is 10.1. The molecular formula is C31H24N6Na2O7S. The van der Waals surface area contributed by atoms with Gasteiger partial charge in [-0.3, -0.25) is 4.79 Å². The number of rotatable bonds is 8. The molecule has 5 rings (SSSR count). The van der Waals surface area contributed by atoms with Crippen LogP contribution in [0.4, 0.5) is 22.7 Å². The van der Waals surface area contributed by atoms with Gasteiger partial charge in [0.25, 0.3) is 5.91 Å². The van der Waals surface area contributed by atoms with Crippen molar-refractivity contribution in [3.8, 4) is 16.9 Å². The Bertz CT molecular complexity index is 2050. The summed E-state index contributed by atoms with van der Waals surface area (Å²) in [6, 6.07) is 18.8. The van der Waals surface area contributed by atoms with Gasteiger partial charge >= 0.3 is 65.1 Å². The van der Waals surface area contributed by atoms with Crippen molar-refractivity contribution in [2.24, 2.45) is 25.6 Å². The van der Waals surface area contributed by atoms with Crippen molar-refractivity contribution in [1.29, 1.82) is 0 Å². The average molecular weight is 671 g/mol. The molecule has 0 spiro atoms. The van der Waals surface area contributed by atoms with E-state index in [9.17, 15) is 27.7 Å². The molecule has 0 bridgehead atoms. The van der Waals surface area contributed by atoms with E-state index in [1.807, 2.05) is 38.1 Å². The molecule has 13 nitrogen and oxygen atoms in total. The number of aromatic carboxylic acids is 1. The molecule has 0 aromatic heterocycles. The average Bonchev–Trinajstić information content (AvgIpc) is 3.28. The van der Waals surface area contributed by atoms with Crippen molar-refractivity contribution in [1.82, 2.24) is 0 Å². The topological polar surface area (TPSA) is 200 Å². The van der Waals surface area contributed by atoms with Crippen molar-refractivity contribution in [3.63, 3.8) is 0 Å². The SMILES string of the molecule is CC1=NN(c2ccc(S(=O)(=O)[O-])cc2)C(=O)C1N=Nc1ccc(-c2ccc(N=Nc3ccc([O-])c(C(=O)O)c3)c(C)c2)cc1C.[Na+].[Na+]. The quantitative estimate of drug-likeness (QED) is 0.154. The number of aryl methyl sites for hydroxylation is 2. The Morgan fingerprint density at radius 3 is 1.94 bits per heavy atom. The Labute approximate surface area is 314 Å². The Morgan fingerprint density at radius 1 is 0.830 bits per heavy atom. The van der Waals surface area contributed by atoms with Crippen LogP contribution in [0.3, 0.4) is 0 Å². The number of azo groups is 2. The molecule has 47 heavy (non-hydrogen) atoms. The summed E-state index contributed by atoms with van der Waals surface area (Å²) in [5, 5.41) is 43.0. The Kier molecular flexibility index (Phi) is 12.5. The fraction of sp³-hybridized carbons (Fsp3) is 0.129. The monoisotopic (exact) mass is 670 g/mol. The molecule has 1 amide bonds. The van der Waals surface area contributed by atoms with Crippen molar-refractivity contribution < 1.29 is 91.9 Å². The predicted octanol–water partition coefficient (Wildman–Crippen LogP) is -0.0553. The minimum absolute atomic E-state index is 0. The minimum atomic E-state index is -4.62. The van der Waals surface area contributed by atoms with Gasteiger partial charge < -0.3 is 14.8 Å². The molecular weight excluding hydrogens is 646 g/mol. The standard InChI is InChI=1S/C31H26N6O7S.2Na/c1-17-14-20(4-11-26(17)33-32-22-6-13-28(38)25(16-22)31(40)41)21-5-12-27(18(2)15-21)34-35-29-19(3)36-37(30(29)39)23-7-9-24(10-8-23)45(42,43)44;;/h4-16,29,38H,1-3H3,(H,40,41)(H,42,43,44);;/q;2*+1/p-2. The maximum Gasteiger partial charge on any atom is 1.00 e. The van der Waals surface area contributed by atoms with E-state index >= 15 is 0 Å². The first-order valence-electron chi connectivity index (χ1n) is 13.4. The van der Waals surface area contributed by atoms with Gasteiger partial charge in [-0.2, -0.15) is 30.6 Å². The summed E-state index contributed by atoms with van der Waals surface area (Å²) in [7, 11) is -4.62. The number of benzene rings is 4. The van der Waals surface area contributed by atoms with E-state index in [1.165, 1.54) is 24.3 Å². The van der Waals surface area contributed by atoms with E-state index in [4.69, 9.17) is 5.11 Å². The van der Waals surface area contributed by atoms with Gasteiger partial charge in [-0.15, -0.1) is 0 Å². The number of nitrogens with zero attached hydrogens (tertiary/aromatic N) is 6. The van der Waals surface area contributed by atoms with E-state index in [2.05, 4.69) is 25.6 Å². The zero-order chi connectivity index (χ0) is 32.5. The van der Waals surface area contributed by atoms with Crippen LogP contribution in [0.5, 0.6) is 5.75 Å². The summed E-state index contributed by atoms with van der Waals surface area (Å²) < 4.78 is 33.6. The molecule has 4 aromatic carbocycles. The Hall–Kier alpha value is -3.60. The summed E-state index contributed by atoms with van der Waals surface area (Å²) in [6.45, 7) is 5.36. The smallest absolute Gasteiger partial charge is 0.872 e. The maximum atomic E-state index is 13.0. The zero-order valence-corrected chi connectivity index (χ0v) is 30.9. The van der Waals surface area contributed by atoms with Crippen LogP contribution in [-0.2, 0) is 14.9 Å². The molecule has 1 aliphatic rings. The molecule has 0 radical (unpaired) electrons. The number of carboxylic acids is 1. The third kappa shape index (κ3) is 8.66. The largest absolute Gasteiger partial charge is 1.00 e. The Balaban J connectivity index is 0.00000300. The first-order chi connectivity index (χ1) is 21.3. The molecule has 0 saturated carbocycles. The molecule has 4 aromatic rings. The van der Waals surface area contributed by atoms with Crippen molar-refractivity contribution in [2.75, 3.05) is 5.01 Å². The summed E-state index contributed by atoms with van der Waals surface area (Å²) >= 11 is 0. The third-order valence-electron chi connectivity index (χ3n) is 6.94. The van der Waals surface area contributed by atoms with Gasteiger partial charge in [0.1, 0.15) is 10.1 Å². The predicted molar refractivity (Wildman–Crippen MR) is 162 cm³/mol. The van der Waals surface area contributed by atoms with Crippen LogP contribution < -0.4 is 69.2 Å². The fourth-order valence-electron chi connectivity index (χ4n) is 4.50. The molecule has 1 heterocycles. The van der Waals surface area contributed by atoms with Crippen LogP contribution in [-0.4, -0.2) is 41.7 Å².